The van der Waals surface area contributed by atoms with Gasteiger partial charge in [-0.25, -0.2) is 8.42 Å². The first-order chi connectivity index (χ1) is 13.2. The van der Waals surface area contributed by atoms with Gasteiger partial charge in [0, 0.05) is 12.1 Å². The van der Waals surface area contributed by atoms with Crippen LogP contribution in [0.3, 0.4) is 0 Å². The topological polar surface area (TPSA) is 88.9 Å². The Kier molecular flexibility index (Phi) is 7.56. The molecule has 1 atom stereocenters. The van der Waals surface area contributed by atoms with Crippen molar-refractivity contribution in [3.63, 3.8) is 0 Å². The van der Waals surface area contributed by atoms with E-state index in [2.05, 4.69) is 24.1 Å². The predicted octanol–water partition coefficient (Wildman–Crippen LogP) is 0.323. The first-order valence-corrected chi connectivity index (χ1v) is 10.5. The molecular formula is C20H28N3O4S+. The Morgan fingerprint density at radius 2 is 1.68 bits per heavy atom. The number of hydrogen-bond donors (Lipinski definition) is 3. The molecule has 0 saturated carbocycles. The third-order valence-corrected chi connectivity index (χ3v) is 5.77. The molecule has 0 aliphatic heterocycles. The Balaban J connectivity index is 1.99. The van der Waals surface area contributed by atoms with Crippen molar-refractivity contribution in [2.24, 2.45) is 0 Å². The second-order valence-electron chi connectivity index (χ2n) is 6.89. The van der Waals surface area contributed by atoms with Crippen molar-refractivity contribution in [3.8, 4) is 5.75 Å². The summed E-state index contributed by atoms with van der Waals surface area (Å²) in [6.45, 7) is 2.70. The molecule has 7 nitrogen and oxygen atoms in total. The molecule has 152 valence electrons. The summed E-state index contributed by atoms with van der Waals surface area (Å²) in [5, 5.41) is 2.81. The number of carbonyl (C=O) groups excluding carboxylic acids is 1. The number of quaternary nitrogens is 1. The first-order valence-electron chi connectivity index (χ1n) is 9.03. The summed E-state index contributed by atoms with van der Waals surface area (Å²) in [4.78, 5) is 13.7. The van der Waals surface area contributed by atoms with Gasteiger partial charge in [-0.15, -0.1) is 0 Å². The molecule has 0 saturated heterocycles. The molecule has 0 aromatic heterocycles. The molecular weight excluding hydrogens is 378 g/mol. The maximum atomic E-state index is 12.5. The zero-order valence-corrected chi connectivity index (χ0v) is 17.5. The number of sulfonamides is 1. The molecule has 8 heteroatoms. The Hall–Kier alpha value is -2.42. The molecule has 3 N–H and O–H groups in total. The number of carbonyl (C=O) groups is 1. The van der Waals surface area contributed by atoms with Gasteiger partial charge in [-0.05, 0) is 36.8 Å². The monoisotopic (exact) mass is 406 g/mol. The van der Waals surface area contributed by atoms with Crippen LogP contribution >= 0.6 is 0 Å². The maximum Gasteiger partial charge on any atom is 0.241 e. The van der Waals surface area contributed by atoms with Crippen LogP contribution in [0.4, 0.5) is 0 Å². The average molecular weight is 407 g/mol. The van der Waals surface area contributed by atoms with Crippen molar-refractivity contribution >= 4 is 15.9 Å². The molecule has 28 heavy (non-hydrogen) atoms. The van der Waals surface area contributed by atoms with Crippen molar-refractivity contribution in [2.45, 2.75) is 31.0 Å². The number of benzene rings is 2. The van der Waals surface area contributed by atoms with E-state index < -0.39 is 16.1 Å². The number of nitrogens with one attached hydrogen (secondary N) is 3. The van der Waals surface area contributed by atoms with E-state index in [4.69, 9.17) is 4.74 Å². The van der Waals surface area contributed by atoms with E-state index >= 15 is 0 Å². The second-order valence-corrected chi connectivity index (χ2v) is 8.60. The molecule has 0 heterocycles. The zero-order valence-electron chi connectivity index (χ0n) is 16.7. The molecule has 2 rings (SSSR count). The smallest absolute Gasteiger partial charge is 0.241 e. The maximum absolute atomic E-state index is 12.5. The number of rotatable bonds is 9. The second kappa shape index (κ2) is 9.68. The van der Waals surface area contributed by atoms with Gasteiger partial charge in [0.1, 0.15) is 12.3 Å². The van der Waals surface area contributed by atoms with Crippen molar-refractivity contribution < 1.29 is 22.8 Å². The van der Waals surface area contributed by atoms with Crippen LogP contribution in [0.25, 0.3) is 0 Å². The summed E-state index contributed by atoms with van der Waals surface area (Å²) in [5.41, 5.74) is 2.16. The van der Waals surface area contributed by atoms with Gasteiger partial charge in [-0.3, -0.25) is 4.79 Å². The SMILES string of the molecule is COc1ccc(S(=O)(=O)N[C@@H](C)C(=O)NCc2ccccc2C[NH+](C)C)cc1. The summed E-state index contributed by atoms with van der Waals surface area (Å²) < 4.78 is 32.4. The van der Waals surface area contributed by atoms with Crippen LogP contribution in [0.1, 0.15) is 18.1 Å². The lowest BCUT2D eigenvalue weighted by Gasteiger charge is -2.16. The van der Waals surface area contributed by atoms with Crippen LogP contribution in [-0.2, 0) is 27.9 Å². The average Bonchev–Trinajstić information content (AvgIpc) is 2.66. The Morgan fingerprint density at radius 3 is 2.25 bits per heavy atom. The van der Waals surface area contributed by atoms with Gasteiger partial charge in [0.15, 0.2) is 0 Å². The van der Waals surface area contributed by atoms with Crippen molar-refractivity contribution in [2.75, 3.05) is 21.2 Å². The number of methoxy groups -OCH3 is 1. The number of hydrogen-bond acceptors (Lipinski definition) is 4. The number of ether oxygens (including phenoxy) is 1. The molecule has 0 aliphatic carbocycles. The first kappa shape index (κ1) is 21.9. The molecule has 0 aliphatic rings. The standard InChI is InChI=1S/C20H27N3O4S/c1-15(22-28(25,26)19-11-9-18(27-4)10-12-19)20(24)21-13-16-7-5-6-8-17(16)14-23(2)3/h5-12,15,22H,13-14H2,1-4H3,(H,21,24)/p+1/t15-/m0/s1. The van der Waals surface area contributed by atoms with Gasteiger partial charge in [0.2, 0.25) is 15.9 Å². The van der Waals surface area contributed by atoms with E-state index in [0.29, 0.717) is 12.3 Å². The summed E-state index contributed by atoms with van der Waals surface area (Å²) in [6.07, 6.45) is 0. The van der Waals surface area contributed by atoms with Crippen LogP contribution < -0.4 is 19.7 Å². The van der Waals surface area contributed by atoms with E-state index in [-0.39, 0.29) is 10.8 Å². The Morgan fingerprint density at radius 1 is 1.07 bits per heavy atom. The van der Waals surface area contributed by atoms with Gasteiger partial charge < -0.3 is 15.0 Å². The molecule has 0 unspecified atom stereocenters. The largest absolute Gasteiger partial charge is 0.497 e. The molecule has 0 fully saturated rings. The predicted molar refractivity (Wildman–Crippen MR) is 108 cm³/mol. The Labute approximate surface area is 166 Å². The Bertz CT molecular complexity index is 896. The lowest BCUT2D eigenvalue weighted by atomic mass is 10.1. The third-order valence-electron chi connectivity index (χ3n) is 4.21. The van der Waals surface area contributed by atoms with Gasteiger partial charge in [-0.1, -0.05) is 24.3 Å². The van der Waals surface area contributed by atoms with Crippen LogP contribution in [0, 0.1) is 0 Å². The van der Waals surface area contributed by atoms with E-state index in [0.717, 1.165) is 17.7 Å². The minimum atomic E-state index is -3.81. The fourth-order valence-corrected chi connectivity index (χ4v) is 3.93. The fraction of sp³-hybridized carbons (Fsp3) is 0.350. The van der Waals surface area contributed by atoms with Crippen LogP contribution in [-0.4, -0.2) is 41.6 Å². The molecule has 0 radical (unpaired) electrons. The third kappa shape index (κ3) is 6.05. The van der Waals surface area contributed by atoms with Gasteiger partial charge >= 0.3 is 0 Å². The quantitative estimate of drug-likeness (QED) is 0.560. The highest BCUT2D eigenvalue weighted by Crippen LogP contribution is 2.15. The van der Waals surface area contributed by atoms with Gasteiger partial charge in [0.05, 0.1) is 32.1 Å². The summed E-state index contributed by atoms with van der Waals surface area (Å²) in [6, 6.07) is 13.0. The lowest BCUT2D eigenvalue weighted by molar-refractivity contribution is -0.872. The number of amides is 1. The van der Waals surface area contributed by atoms with Crippen molar-refractivity contribution in [3.05, 3.63) is 59.7 Å². The van der Waals surface area contributed by atoms with Gasteiger partial charge in [0.25, 0.3) is 0 Å². The highest BCUT2D eigenvalue weighted by Gasteiger charge is 2.22. The van der Waals surface area contributed by atoms with Crippen molar-refractivity contribution in [1.82, 2.24) is 10.0 Å². The summed E-state index contributed by atoms with van der Waals surface area (Å²) >= 11 is 0. The summed E-state index contributed by atoms with van der Waals surface area (Å²) in [7, 11) is 1.82. The minimum absolute atomic E-state index is 0.0762. The van der Waals surface area contributed by atoms with E-state index in [1.165, 1.54) is 31.1 Å². The highest BCUT2D eigenvalue weighted by molar-refractivity contribution is 7.89. The highest BCUT2D eigenvalue weighted by atomic mass is 32.2. The van der Waals surface area contributed by atoms with Crippen LogP contribution in [0.15, 0.2) is 53.4 Å². The normalized spacial score (nSPS) is 12.6. The lowest BCUT2D eigenvalue weighted by Crippen LogP contribution is -3.04. The molecule has 2 aromatic rings. The summed E-state index contributed by atoms with van der Waals surface area (Å²) in [5.74, 6) is 0.173. The van der Waals surface area contributed by atoms with Crippen LogP contribution in [0.2, 0.25) is 0 Å². The van der Waals surface area contributed by atoms with E-state index in [1.54, 1.807) is 12.1 Å². The van der Waals surface area contributed by atoms with Crippen LogP contribution in [0.5, 0.6) is 5.75 Å². The van der Waals surface area contributed by atoms with E-state index in [9.17, 15) is 13.2 Å². The molecule has 0 spiro atoms. The fourth-order valence-electron chi connectivity index (χ4n) is 2.73. The molecule has 2 aromatic carbocycles. The van der Waals surface area contributed by atoms with Crippen molar-refractivity contribution in [1.29, 1.82) is 0 Å². The van der Waals surface area contributed by atoms with Gasteiger partial charge in [-0.2, -0.15) is 4.72 Å². The molecule has 0 bridgehead atoms. The minimum Gasteiger partial charge on any atom is -0.497 e. The van der Waals surface area contributed by atoms with E-state index in [1.807, 2.05) is 24.3 Å². The zero-order chi connectivity index (χ0) is 20.7. The molecule has 1 amide bonds.